The molecule has 1 unspecified atom stereocenters. The summed E-state index contributed by atoms with van der Waals surface area (Å²) in [5, 5.41) is 8.37. The van der Waals surface area contributed by atoms with E-state index in [1.54, 1.807) is 11.1 Å². The van der Waals surface area contributed by atoms with Gasteiger partial charge in [-0.3, -0.25) is 0 Å². The van der Waals surface area contributed by atoms with E-state index in [0.29, 0.717) is 39.0 Å². The first-order chi connectivity index (χ1) is 12.3. The van der Waals surface area contributed by atoms with Gasteiger partial charge in [-0.1, -0.05) is 6.08 Å². The van der Waals surface area contributed by atoms with E-state index in [2.05, 4.69) is 15.1 Å². The lowest BCUT2D eigenvalue weighted by atomic mass is 9.94. The Kier molecular flexibility index (Phi) is 5.44. The van der Waals surface area contributed by atoms with Gasteiger partial charge in [-0.25, -0.2) is 9.18 Å². The molecule has 1 amide bonds. The highest BCUT2D eigenvalue weighted by molar-refractivity contribution is 5.69. The van der Waals surface area contributed by atoms with Crippen molar-refractivity contribution < 1.29 is 13.9 Å². The van der Waals surface area contributed by atoms with E-state index in [4.69, 9.17) is 4.74 Å². The highest BCUT2D eigenvalue weighted by atomic mass is 19.1. The SMILES string of the molecule is CC(C)(C)OC(=O)N1CCN(c2cc(C3=CCC(F)CC3)cnn2)CC1. The summed E-state index contributed by atoms with van der Waals surface area (Å²) in [7, 11) is 0. The second-order valence-corrected chi connectivity index (χ2v) is 7.86. The third-order valence-electron chi connectivity index (χ3n) is 4.61. The van der Waals surface area contributed by atoms with E-state index in [-0.39, 0.29) is 6.09 Å². The number of nitrogens with zero attached hydrogens (tertiary/aromatic N) is 4. The summed E-state index contributed by atoms with van der Waals surface area (Å²) in [5.74, 6) is 0.801. The largest absolute Gasteiger partial charge is 0.444 e. The summed E-state index contributed by atoms with van der Waals surface area (Å²) in [6, 6.07) is 2.01. The molecule has 1 saturated heterocycles. The number of carbonyl (C=O) groups is 1. The minimum absolute atomic E-state index is 0.273. The number of hydrogen-bond acceptors (Lipinski definition) is 5. The summed E-state index contributed by atoms with van der Waals surface area (Å²) in [5.41, 5.74) is 1.67. The molecule has 0 spiro atoms. The Bertz CT molecular complexity index is 678. The van der Waals surface area contributed by atoms with E-state index in [1.165, 1.54) is 0 Å². The van der Waals surface area contributed by atoms with Crippen molar-refractivity contribution in [3.63, 3.8) is 0 Å². The average Bonchev–Trinajstić information content (AvgIpc) is 2.61. The normalized spacial score (nSPS) is 21.4. The van der Waals surface area contributed by atoms with Crippen LogP contribution in [0.25, 0.3) is 5.57 Å². The topological polar surface area (TPSA) is 58.6 Å². The molecule has 0 saturated carbocycles. The van der Waals surface area contributed by atoms with Gasteiger partial charge in [0, 0.05) is 31.7 Å². The number of amides is 1. The van der Waals surface area contributed by atoms with Gasteiger partial charge >= 0.3 is 6.09 Å². The molecule has 1 aromatic heterocycles. The Labute approximate surface area is 154 Å². The number of ether oxygens (including phenoxy) is 1. The number of anilines is 1. The van der Waals surface area contributed by atoms with Crippen LogP contribution in [0.1, 0.15) is 45.6 Å². The third-order valence-corrected chi connectivity index (χ3v) is 4.61. The van der Waals surface area contributed by atoms with Crippen molar-refractivity contribution in [3.05, 3.63) is 23.9 Å². The van der Waals surface area contributed by atoms with E-state index in [1.807, 2.05) is 32.9 Å². The van der Waals surface area contributed by atoms with Crippen molar-refractivity contribution in [2.75, 3.05) is 31.1 Å². The molecule has 1 aromatic rings. The Morgan fingerprint density at radius 2 is 2.00 bits per heavy atom. The molecular weight excluding hydrogens is 335 g/mol. The van der Waals surface area contributed by atoms with Crippen molar-refractivity contribution in [1.82, 2.24) is 15.1 Å². The van der Waals surface area contributed by atoms with E-state index < -0.39 is 11.8 Å². The highest BCUT2D eigenvalue weighted by Gasteiger charge is 2.26. The monoisotopic (exact) mass is 362 g/mol. The van der Waals surface area contributed by atoms with Crippen LogP contribution in [-0.4, -0.2) is 59.1 Å². The minimum Gasteiger partial charge on any atom is -0.444 e. The molecule has 6 nitrogen and oxygen atoms in total. The number of alkyl halides is 1. The van der Waals surface area contributed by atoms with E-state index in [9.17, 15) is 9.18 Å². The van der Waals surface area contributed by atoms with Gasteiger partial charge in [0.2, 0.25) is 0 Å². The van der Waals surface area contributed by atoms with Crippen LogP contribution in [0.2, 0.25) is 0 Å². The fraction of sp³-hybridized carbons (Fsp3) is 0.632. The number of allylic oxidation sites excluding steroid dienone is 2. The second kappa shape index (κ2) is 7.60. The highest BCUT2D eigenvalue weighted by Crippen LogP contribution is 2.29. The molecule has 2 aliphatic rings. The summed E-state index contributed by atoms with van der Waals surface area (Å²) >= 11 is 0. The van der Waals surface area contributed by atoms with Crippen molar-refractivity contribution in [1.29, 1.82) is 0 Å². The number of halogens is 1. The van der Waals surface area contributed by atoms with Crippen LogP contribution in [0.15, 0.2) is 18.3 Å². The van der Waals surface area contributed by atoms with Crippen LogP contribution in [-0.2, 0) is 4.74 Å². The standard InChI is InChI=1S/C19H27FN4O2/c1-19(2,3)26-18(25)24-10-8-23(9-11-24)17-12-15(13-21-22-17)14-4-6-16(20)7-5-14/h4,12-13,16H,5-11H2,1-3H3. The molecule has 0 bridgehead atoms. The first-order valence-electron chi connectivity index (χ1n) is 9.21. The Morgan fingerprint density at radius 3 is 2.62 bits per heavy atom. The van der Waals surface area contributed by atoms with Gasteiger partial charge in [-0.15, -0.1) is 5.10 Å². The van der Waals surface area contributed by atoms with Gasteiger partial charge in [0.05, 0.1) is 6.20 Å². The molecule has 0 radical (unpaired) electrons. The van der Waals surface area contributed by atoms with Gasteiger partial charge in [0.25, 0.3) is 0 Å². The predicted octanol–water partition coefficient (Wildman–Crippen LogP) is 3.44. The molecule has 142 valence electrons. The third kappa shape index (κ3) is 4.71. The van der Waals surface area contributed by atoms with Crippen molar-refractivity contribution in [2.24, 2.45) is 0 Å². The zero-order chi connectivity index (χ0) is 18.7. The van der Waals surface area contributed by atoms with Crippen LogP contribution in [0.4, 0.5) is 15.0 Å². The Morgan fingerprint density at radius 1 is 1.27 bits per heavy atom. The fourth-order valence-electron chi connectivity index (χ4n) is 3.19. The quantitative estimate of drug-likeness (QED) is 0.807. The van der Waals surface area contributed by atoms with E-state index in [0.717, 1.165) is 23.4 Å². The lowest BCUT2D eigenvalue weighted by Gasteiger charge is -2.36. The van der Waals surface area contributed by atoms with Crippen LogP contribution in [0, 0.1) is 0 Å². The zero-order valence-electron chi connectivity index (χ0n) is 15.7. The average molecular weight is 362 g/mol. The number of aromatic nitrogens is 2. The lowest BCUT2D eigenvalue weighted by Crippen LogP contribution is -2.50. The maximum Gasteiger partial charge on any atom is 0.410 e. The maximum absolute atomic E-state index is 13.3. The summed E-state index contributed by atoms with van der Waals surface area (Å²) in [6.07, 6.45) is 4.48. The Balaban J connectivity index is 1.61. The number of hydrogen-bond donors (Lipinski definition) is 0. The predicted molar refractivity (Wildman–Crippen MR) is 98.8 cm³/mol. The van der Waals surface area contributed by atoms with Crippen molar-refractivity contribution >= 4 is 17.5 Å². The van der Waals surface area contributed by atoms with Gasteiger partial charge < -0.3 is 14.5 Å². The smallest absolute Gasteiger partial charge is 0.410 e. The molecule has 3 rings (SSSR count). The molecule has 26 heavy (non-hydrogen) atoms. The minimum atomic E-state index is -0.728. The Hall–Kier alpha value is -2.18. The van der Waals surface area contributed by atoms with Gasteiger partial charge in [-0.05, 0) is 51.7 Å². The molecular formula is C19H27FN4O2. The van der Waals surface area contributed by atoms with Crippen LogP contribution < -0.4 is 4.90 Å². The van der Waals surface area contributed by atoms with Crippen molar-refractivity contribution in [3.8, 4) is 0 Å². The summed E-state index contributed by atoms with van der Waals surface area (Å²) < 4.78 is 18.8. The molecule has 1 aliphatic heterocycles. The first kappa shape index (κ1) is 18.6. The van der Waals surface area contributed by atoms with Gasteiger partial charge in [0.15, 0.2) is 5.82 Å². The summed E-state index contributed by atoms with van der Waals surface area (Å²) in [4.78, 5) is 16.0. The first-order valence-corrected chi connectivity index (χ1v) is 9.21. The molecule has 7 heteroatoms. The van der Waals surface area contributed by atoms with Crippen LogP contribution in [0.5, 0.6) is 0 Å². The molecule has 0 aromatic carbocycles. The van der Waals surface area contributed by atoms with Gasteiger partial charge in [0.1, 0.15) is 11.8 Å². The van der Waals surface area contributed by atoms with Crippen molar-refractivity contribution in [2.45, 2.75) is 51.8 Å². The zero-order valence-corrected chi connectivity index (χ0v) is 15.7. The fourth-order valence-corrected chi connectivity index (χ4v) is 3.19. The lowest BCUT2D eigenvalue weighted by molar-refractivity contribution is 0.0240. The van der Waals surface area contributed by atoms with E-state index >= 15 is 0 Å². The number of carbonyl (C=O) groups excluding carboxylic acids is 1. The van der Waals surface area contributed by atoms with Crippen LogP contribution >= 0.6 is 0 Å². The molecule has 2 heterocycles. The molecule has 1 atom stereocenters. The molecule has 0 N–H and O–H groups in total. The number of piperazine rings is 1. The van der Waals surface area contributed by atoms with Crippen LogP contribution in [0.3, 0.4) is 0 Å². The second-order valence-electron chi connectivity index (χ2n) is 7.86. The molecule has 1 fully saturated rings. The van der Waals surface area contributed by atoms with Gasteiger partial charge in [-0.2, -0.15) is 5.10 Å². The molecule has 1 aliphatic carbocycles. The summed E-state index contributed by atoms with van der Waals surface area (Å²) in [6.45, 7) is 8.15. The number of rotatable bonds is 2. The maximum atomic E-state index is 13.3.